The molecule has 0 saturated heterocycles. The minimum absolute atomic E-state index is 0.154. The molecule has 0 spiro atoms. The second-order valence-electron chi connectivity index (χ2n) is 2.34. The van der Waals surface area contributed by atoms with E-state index in [0.29, 0.717) is 10.7 Å². The first-order valence-corrected chi connectivity index (χ1v) is 3.65. The molecule has 0 aliphatic carbocycles. The summed E-state index contributed by atoms with van der Waals surface area (Å²) in [6, 6.07) is -0.603. The standard InChI is InChI=1S/C6H8ClN3O2/c7-6-3(2-9-10-6)4(8)1-5(11)12/h2,4H,1,8H2,(H,9,10)(H,11,12). The smallest absolute Gasteiger partial charge is 0.305 e. The molecular weight excluding hydrogens is 182 g/mol. The summed E-state index contributed by atoms with van der Waals surface area (Å²) in [5.74, 6) is -0.959. The topological polar surface area (TPSA) is 92.0 Å². The highest BCUT2D eigenvalue weighted by atomic mass is 35.5. The molecule has 0 amide bonds. The van der Waals surface area contributed by atoms with Crippen molar-refractivity contribution in [2.45, 2.75) is 12.5 Å². The second-order valence-corrected chi connectivity index (χ2v) is 2.72. The lowest BCUT2D eigenvalue weighted by Gasteiger charge is -2.05. The van der Waals surface area contributed by atoms with Crippen molar-refractivity contribution in [2.75, 3.05) is 0 Å². The van der Waals surface area contributed by atoms with Gasteiger partial charge in [-0.25, -0.2) is 0 Å². The highest BCUT2D eigenvalue weighted by molar-refractivity contribution is 6.30. The van der Waals surface area contributed by atoms with Crippen LogP contribution >= 0.6 is 11.6 Å². The fourth-order valence-corrected chi connectivity index (χ4v) is 1.07. The van der Waals surface area contributed by atoms with Gasteiger partial charge in [0.25, 0.3) is 0 Å². The van der Waals surface area contributed by atoms with E-state index in [1.807, 2.05) is 0 Å². The van der Waals surface area contributed by atoms with Crippen molar-refractivity contribution in [1.82, 2.24) is 10.2 Å². The number of hydrogen-bond donors (Lipinski definition) is 3. The molecule has 4 N–H and O–H groups in total. The Kier molecular flexibility index (Phi) is 2.67. The van der Waals surface area contributed by atoms with E-state index in [1.165, 1.54) is 6.20 Å². The number of nitrogens with zero attached hydrogens (tertiary/aromatic N) is 1. The van der Waals surface area contributed by atoms with Gasteiger partial charge in [0.1, 0.15) is 5.15 Å². The van der Waals surface area contributed by atoms with Gasteiger partial charge in [-0.2, -0.15) is 5.10 Å². The normalized spacial score (nSPS) is 12.8. The summed E-state index contributed by atoms with van der Waals surface area (Å²) >= 11 is 5.63. The minimum atomic E-state index is -0.959. The van der Waals surface area contributed by atoms with E-state index in [9.17, 15) is 4.79 Å². The molecule has 1 aromatic rings. The average molecular weight is 190 g/mol. The van der Waals surface area contributed by atoms with Crippen molar-refractivity contribution in [2.24, 2.45) is 5.73 Å². The molecule has 1 atom stereocenters. The Labute approximate surface area is 73.5 Å². The van der Waals surface area contributed by atoms with Crippen LogP contribution in [-0.4, -0.2) is 21.3 Å². The maximum absolute atomic E-state index is 10.3. The molecule has 0 aliphatic heterocycles. The maximum Gasteiger partial charge on any atom is 0.305 e. The van der Waals surface area contributed by atoms with Crippen molar-refractivity contribution in [3.63, 3.8) is 0 Å². The number of nitrogens with one attached hydrogen (secondary N) is 1. The Morgan fingerprint density at radius 3 is 3.00 bits per heavy atom. The Bertz CT molecular complexity index is 286. The van der Waals surface area contributed by atoms with Crippen LogP contribution in [0.1, 0.15) is 18.0 Å². The summed E-state index contributed by atoms with van der Waals surface area (Å²) in [6.45, 7) is 0. The summed E-state index contributed by atoms with van der Waals surface area (Å²) in [7, 11) is 0. The lowest BCUT2D eigenvalue weighted by Crippen LogP contribution is -2.14. The van der Waals surface area contributed by atoms with E-state index in [-0.39, 0.29) is 6.42 Å². The Morgan fingerprint density at radius 1 is 1.92 bits per heavy atom. The summed E-state index contributed by atoms with van der Waals surface area (Å²) in [5, 5.41) is 14.8. The van der Waals surface area contributed by atoms with Crippen molar-refractivity contribution in [1.29, 1.82) is 0 Å². The first-order chi connectivity index (χ1) is 5.61. The van der Waals surface area contributed by atoms with Crippen LogP contribution in [-0.2, 0) is 4.79 Å². The van der Waals surface area contributed by atoms with Crippen molar-refractivity contribution in [3.05, 3.63) is 16.9 Å². The molecule has 66 valence electrons. The molecule has 0 saturated carbocycles. The number of H-pyrrole nitrogens is 1. The van der Waals surface area contributed by atoms with Gasteiger partial charge in [-0.15, -0.1) is 0 Å². The van der Waals surface area contributed by atoms with Crippen LogP contribution in [0, 0.1) is 0 Å². The largest absolute Gasteiger partial charge is 0.481 e. The molecule has 0 aromatic carbocycles. The third-order valence-electron chi connectivity index (χ3n) is 1.41. The molecule has 0 fully saturated rings. The molecule has 6 heteroatoms. The quantitative estimate of drug-likeness (QED) is 0.647. The fourth-order valence-electron chi connectivity index (χ4n) is 0.836. The number of aromatic amines is 1. The van der Waals surface area contributed by atoms with Crippen molar-refractivity contribution in [3.8, 4) is 0 Å². The summed E-state index contributed by atoms with van der Waals surface area (Å²) in [5.41, 5.74) is 6.04. The third-order valence-corrected chi connectivity index (χ3v) is 1.72. The molecule has 1 unspecified atom stereocenters. The van der Waals surface area contributed by atoms with E-state index in [4.69, 9.17) is 22.4 Å². The highest BCUT2D eigenvalue weighted by Gasteiger charge is 2.14. The zero-order chi connectivity index (χ0) is 9.14. The number of carbonyl (C=O) groups is 1. The lowest BCUT2D eigenvalue weighted by molar-refractivity contribution is -0.137. The molecule has 0 radical (unpaired) electrons. The first-order valence-electron chi connectivity index (χ1n) is 3.27. The van der Waals surface area contributed by atoms with Gasteiger partial charge in [-0.05, 0) is 0 Å². The van der Waals surface area contributed by atoms with Crippen LogP contribution in [0.3, 0.4) is 0 Å². The van der Waals surface area contributed by atoms with Gasteiger partial charge in [0.2, 0.25) is 0 Å². The summed E-state index contributed by atoms with van der Waals surface area (Å²) in [6.07, 6.45) is 1.27. The Balaban J connectivity index is 2.71. The van der Waals surface area contributed by atoms with Gasteiger partial charge >= 0.3 is 5.97 Å². The number of carboxylic acids is 1. The van der Waals surface area contributed by atoms with Crippen LogP contribution in [0.25, 0.3) is 0 Å². The number of nitrogens with two attached hydrogens (primary N) is 1. The highest BCUT2D eigenvalue weighted by Crippen LogP contribution is 2.20. The molecule has 12 heavy (non-hydrogen) atoms. The van der Waals surface area contributed by atoms with Crippen LogP contribution in [0.4, 0.5) is 0 Å². The number of carboxylic acid groups (broad SMARTS) is 1. The van der Waals surface area contributed by atoms with Gasteiger partial charge in [-0.3, -0.25) is 9.89 Å². The maximum atomic E-state index is 10.3. The van der Waals surface area contributed by atoms with Gasteiger partial charge in [0, 0.05) is 11.6 Å². The van der Waals surface area contributed by atoms with Crippen molar-refractivity contribution >= 4 is 17.6 Å². The van der Waals surface area contributed by atoms with Gasteiger partial charge in [-0.1, -0.05) is 11.6 Å². The first kappa shape index (κ1) is 9.02. The minimum Gasteiger partial charge on any atom is -0.481 e. The zero-order valence-electron chi connectivity index (χ0n) is 6.12. The van der Waals surface area contributed by atoms with Gasteiger partial charge < -0.3 is 10.8 Å². The van der Waals surface area contributed by atoms with E-state index in [1.54, 1.807) is 0 Å². The molecule has 5 nitrogen and oxygen atoms in total. The number of rotatable bonds is 3. The molecule has 0 aliphatic rings. The number of aliphatic carboxylic acids is 1. The van der Waals surface area contributed by atoms with Gasteiger partial charge in [0.15, 0.2) is 0 Å². The molecule has 1 heterocycles. The van der Waals surface area contributed by atoms with E-state index in [2.05, 4.69) is 10.2 Å². The van der Waals surface area contributed by atoms with Crippen LogP contribution in [0.5, 0.6) is 0 Å². The number of aromatic nitrogens is 2. The lowest BCUT2D eigenvalue weighted by atomic mass is 10.1. The second kappa shape index (κ2) is 3.55. The third kappa shape index (κ3) is 1.96. The van der Waals surface area contributed by atoms with Crippen LogP contribution < -0.4 is 5.73 Å². The zero-order valence-corrected chi connectivity index (χ0v) is 6.88. The van der Waals surface area contributed by atoms with Crippen LogP contribution in [0.2, 0.25) is 5.15 Å². The Morgan fingerprint density at radius 2 is 2.58 bits per heavy atom. The van der Waals surface area contributed by atoms with E-state index in [0.717, 1.165) is 0 Å². The SMILES string of the molecule is NC(CC(=O)O)c1cn[nH]c1Cl. The fraction of sp³-hybridized carbons (Fsp3) is 0.333. The molecule has 1 rings (SSSR count). The van der Waals surface area contributed by atoms with Crippen LogP contribution in [0.15, 0.2) is 6.20 Å². The number of halogens is 1. The predicted molar refractivity (Wildman–Crippen MR) is 42.8 cm³/mol. The number of hydrogen-bond acceptors (Lipinski definition) is 3. The predicted octanol–water partition coefficient (Wildman–Crippen LogP) is 0.538. The van der Waals surface area contributed by atoms with E-state index >= 15 is 0 Å². The van der Waals surface area contributed by atoms with Gasteiger partial charge in [0.05, 0.1) is 12.6 Å². The average Bonchev–Trinajstić information content (AvgIpc) is 2.33. The molecule has 0 bridgehead atoms. The van der Waals surface area contributed by atoms with E-state index < -0.39 is 12.0 Å². The summed E-state index contributed by atoms with van der Waals surface area (Å²) in [4.78, 5) is 10.3. The Hall–Kier alpha value is -1.07. The molecule has 1 aromatic heterocycles. The van der Waals surface area contributed by atoms with Crippen molar-refractivity contribution < 1.29 is 9.90 Å². The molecular formula is C6H8ClN3O2. The monoisotopic (exact) mass is 189 g/mol. The summed E-state index contributed by atoms with van der Waals surface area (Å²) < 4.78 is 0.